The molecule has 17 nitrogen and oxygen atoms in total. The Bertz CT molecular complexity index is 2080. The van der Waals surface area contributed by atoms with Crippen LogP contribution >= 0.6 is 15.6 Å². The van der Waals surface area contributed by atoms with E-state index in [9.17, 15) is 43.2 Å². The molecule has 100 heavy (non-hydrogen) atoms. The van der Waals surface area contributed by atoms with Gasteiger partial charge in [-0.05, 0) is 89.9 Å². The van der Waals surface area contributed by atoms with Crippen molar-refractivity contribution in [2.45, 2.75) is 406 Å². The number of allylic oxidation sites excluding steroid dienone is 8. The smallest absolute Gasteiger partial charge is 0.462 e. The molecular weight excluding hydrogens is 1310 g/mol. The summed E-state index contributed by atoms with van der Waals surface area (Å²) in [7, 11) is -9.94. The minimum atomic E-state index is -4.97. The first kappa shape index (κ1) is 97.0. The predicted octanol–water partition coefficient (Wildman–Crippen LogP) is 23.7. The third-order valence-electron chi connectivity index (χ3n) is 17.8. The van der Waals surface area contributed by atoms with Gasteiger partial charge in [-0.15, -0.1) is 0 Å². The normalized spacial score (nSPS) is 14.1. The monoisotopic (exact) mass is 1460 g/mol. The number of aliphatic hydroxyl groups excluding tert-OH is 1. The van der Waals surface area contributed by atoms with E-state index < -0.39 is 97.5 Å². The van der Waals surface area contributed by atoms with Crippen LogP contribution in [0.15, 0.2) is 48.6 Å². The fourth-order valence-electron chi connectivity index (χ4n) is 11.5. The van der Waals surface area contributed by atoms with Crippen molar-refractivity contribution in [3.05, 3.63) is 48.6 Å². The Kier molecular flexibility index (Phi) is 72.1. The number of carbonyl (C=O) groups is 4. The third kappa shape index (κ3) is 73.3. The number of aliphatic hydroxyl groups is 1. The van der Waals surface area contributed by atoms with E-state index in [0.29, 0.717) is 25.7 Å². The minimum Gasteiger partial charge on any atom is -0.462 e. The molecule has 586 valence electrons. The van der Waals surface area contributed by atoms with Gasteiger partial charge in [-0.3, -0.25) is 37.3 Å². The summed E-state index contributed by atoms with van der Waals surface area (Å²) in [6.45, 7) is 4.89. The second kappa shape index (κ2) is 74.3. The van der Waals surface area contributed by atoms with Gasteiger partial charge in [-0.25, -0.2) is 9.13 Å². The number of rotatable bonds is 78. The van der Waals surface area contributed by atoms with Gasteiger partial charge in [0.1, 0.15) is 19.3 Å². The lowest BCUT2D eigenvalue weighted by Crippen LogP contribution is -2.30. The van der Waals surface area contributed by atoms with Crippen LogP contribution in [0.4, 0.5) is 0 Å². The molecule has 5 atom stereocenters. The van der Waals surface area contributed by atoms with Crippen molar-refractivity contribution in [2.24, 2.45) is 0 Å². The number of phosphoric ester groups is 2. The maximum absolute atomic E-state index is 13.1. The van der Waals surface area contributed by atoms with Crippen LogP contribution in [0.25, 0.3) is 0 Å². The van der Waals surface area contributed by atoms with Gasteiger partial charge in [-0.2, -0.15) is 0 Å². The van der Waals surface area contributed by atoms with Gasteiger partial charge in [0.05, 0.1) is 26.4 Å². The molecule has 0 radical (unpaired) electrons. The molecule has 3 N–H and O–H groups in total. The Morgan fingerprint density at radius 3 is 0.760 bits per heavy atom. The van der Waals surface area contributed by atoms with Crippen molar-refractivity contribution in [3.8, 4) is 0 Å². The first-order valence-electron chi connectivity index (χ1n) is 40.9. The maximum Gasteiger partial charge on any atom is 0.472 e. The van der Waals surface area contributed by atoms with Gasteiger partial charge in [-0.1, -0.05) is 320 Å². The summed E-state index contributed by atoms with van der Waals surface area (Å²) in [5.74, 6) is -2.16. The molecule has 19 heteroatoms. The Morgan fingerprint density at radius 2 is 0.490 bits per heavy atom. The molecule has 0 aliphatic carbocycles. The van der Waals surface area contributed by atoms with Crippen LogP contribution < -0.4 is 0 Å². The Morgan fingerprint density at radius 1 is 0.280 bits per heavy atom. The molecule has 2 unspecified atom stereocenters. The van der Waals surface area contributed by atoms with Gasteiger partial charge in [0.25, 0.3) is 0 Å². The van der Waals surface area contributed by atoms with E-state index in [1.807, 2.05) is 0 Å². The van der Waals surface area contributed by atoms with Crippen molar-refractivity contribution in [3.63, 3.8) is 0 Å². The van der Waals surface area contributed by atoms with E-state index in [1.165, 1.54) is 180 Å². The van der Waals surface area contributed by atoms with Crippen LogP contribution in [0.2, 0.25) is 0 Å². The van der Waals surface area contributed by atoms with Crippen molar-refractivity contribution in [1.82, 2.24) is 0 Å². The Hall–Kier alpha value is -2.98. The molecule has 0 rings (SSSR count). The molecule has 0 amide bonds. The van der Waals surface area contributed by atoms with E-state index in [-0.39, 0.29) is 25.7 Å². The lowest BCUT2D eigenvalue weighted by molar-refractivity contribution is -0.161. The molecule has 0 aromatic heterocycles. The molecule has 0 fully saturated rings. The molecule has 0 aromatic rings. The number of esters is 4. The summed E-state index contributed by atoms with van der Waals surface area (Å²) in [6, 6.07) is 0. The van der Waals surface area contributed by atoms with Gasteiger partial charge >= 0.3 is 39.5 Å². The summed E-state index contributed by atoms with van der Waals surface area (Å²) in [5.41, 5.74) is 0. The lowest BCUT2D eigenvalue weighted by atomic mass is 10.0. The number of carbonyl (C=O) groups excluding carboxylic acids is 4. The summed E-state index contributed by atoms with van der Waals surface area (Å²) < 4.78 is 68.6. The molecule has 0 saturated carbocycles. The Labute approximate surface area is 610 Å². The zero-order valence-corrected chi connectivity index (χ0v) is 65.9. The summed E-state index contributed by atoms with van der Waals surface area (Å²) >= 11 is 0. The Balaban J connectivity index is 5.32. The molecule has 0 aromatic carbocycles. The average Bonchev–Trinajstić information content (AvgIpc) is 1.10. The van der Waals surface area contributed by atoms with Gasteiger partial charge in [0, 0.05) is 25.7 Å². The number of hydrogen-bond acceptors (Lipinski definition) is 15. The highest BCUT2D eigenvalue weighted by molar-refractivity contribution is 7.47. The zero-order chi connectivity index (χ0) is 73.2. The molecule has 0 saturated heterocycles. The van der Waals surface area contributed by atoms with Crippen LogP contribution in [0.1, 0.15) is 387 Å². The quantitative estimate of drug-likeness (QED) is 0.0169. The molecular formula is C81H150O17P2. The fraction of sp³-hybridized carbons (Fsp3) is 0.852. The van der Waals surface area contributed by atoms with Crippen LogP contribution in [0.3, 0.4) is 0 Å². The second-order valence-corrected chi connectivity index (χ2v) is 30.6. The third-order valence-corrected chi connectivity index (χ3v) is 19.7. The van der Waals surface area contributed by atoms with Gasteiger partial charge < -0.3 is 33.8 Å². The van der Waals surface area contributed by atoms with Crippen LogP contribution in [-0.2, 0) is 65.4 Å². The van der Waals surface area contributed by atoms with Crippen LogP contribution in [0.5, 0.6) is 0 Å². The van der Waals surface area contributed by atoms with Crippen molar-refractivity contribution in [1.29, 1.82) is 0 Å². The maximum atomic E-state index is 13.1. The number of unbranched alkanes of at least 4 members (excludes halogenated alkanes) is 44. The summed E-state index contributed by atoms with van der Waals surface area (Å²) in [6.07, 6.45) is 72.2. The first-order chi connectivity index (χ1) is 48.7. The van der Waals surface area contributed by atoms with E-state index >= 15 is 0 Å². The summed E-state index contributed by atoms with van der Waals surface area (Å²) in [5, 5.41) is 10.6. The largest absolute Gasteiger partial charge is 0.472 e. The molecule has 0 spiro atoms. The van der Waals surface area contributed by atoms with Gasteiger partial charge in [0.15, 0.2) is 12.2 Å². The van der Waals surface area contributed by atoms with Crippen LogP contribution in [-0.4, -0.2) is 96.7 Å². The fourth-order valence-corrected chi connectivity index (χ4v) is 13.1. The highest BCUT2D eigenvalue weighted by atomic mass is 31.2. The lowest BCUT2D eigenvalue weighted by Gasteiger charge is -2.21. The standard InChI is InChI=1S/C81H150O17P2/c1-5-9-13-17-21-25-29-33-36-37-40-42-46-50-54-58-62-66-79(84)92-72-77(98-81(86)68-64-60-56-52-48-44-39-35-31-27-23-19-15-11-7-3)74-96-100(89,90)94-70-75(82)69-93-99(87,88)95-73-76(71-91-78(83)65-61-57-53-49-45-41-32-28-24-20-16-12-8-4)97-80(85)67-63-59-55-51-47-43-38-34-30-26-22-18-14-10-6-2/h22-23,26-27,34-35,38-39,75-77,82H,5-21,24-25,28-33,36-37,40-74H2,1-4H3,(H,87,88)(H,89,90)/b26-22-,27-23-,38-34-,39-35-/t75-,76+,77+/m0/s1. The SMILES string of the molecule is CCCCC/C=C\C/C=C\CCCCCCCC(=O)O[C@H](COC(=O)CCCCCCCCCCCCCCC)COP(=O)(O)OC[C@H](O)COP(=O)(O)OC[C@@H](COC(=O)CCCCCCCCCCCCCCCCCCC)OC(=O)CCCCCCC/C=C\C/C=C\CCCCC. The molecule has 0 aliphatic rings. The van der Waals surface area contributed by atoms with E-state index in [4.69, 9.17) is 37.0 Å². The number of phosphoric acid groups is 2. The van der Waals surface area contributed by atoms with E-state index in [0.717, 1.165) is 128 Å². The van der Waals surface area contributed by atoms with E-state index in [1.54, 1.807) is 0 Å². The first-order valence-corrected chi connectivity index (χ1v) is 43.9. The highest BCUT2D eigenvalue weighted by Gasteiger charge is 2.30. The topological polar surface area (TPSA) is 237 Å². The average molecular weight is 1460 g/mol. The predicted molar refractivity (Wildman–Crippen MR) is 409 cm³/mol. The van der Waals surface area contributed by atoms with Crippen LogP contribution in [0, 0.1) is 0 Å². The molecule has 0 bridgehead atoms. The number of hydrogen-bond donors (Lipinski definition) is 3. The number of ether oxygens (including phenoxy) is 4. The molecule has 0 aliphatic heterocycles. The second-order valence-electron chi connectivity index (χ2n) is 27.7. The summed E-state index contributed by atoms with van der Waals surface area (Å²) in [4.78, 5) is 73.0. The van der Waals surface area contributed by atoms with Crippen molar-refractivity contribution in [2.75, 3.05) is 39.6 Å². The minimum absolute atomic E-state index is 0.0850. The zero-order valence-electron chi connectivity index (χ0n) is 64.1. The van der Waals surface area contributed by atoms with Crippen molar-refractivity contribution < 1.29 is 80.2 Å². The van der Waals surface area contributed by atoms with Crippen molar-refractivity contribution >= 4 is 39.5 Å². The van der Waals surface area contributed by atoms with E-state index in [2.05, 4.69) is 76.3 Å². The highest BCUT2D eigenvalue weighted by Crippen LogP contribution is 2.45. The van der Waals surface area contributed by atoms with Gasteiger partial charge in [0.2, 0.25) is 0 Å². The molecule has 0 heterocycles.